The molecule has 1 rings (SSSR count). The molecule has 138 valence electrons. The third-order valence-electron chi connectivity index (χ3n) is 4.35. The van der Waals surface area contributed by atoms with Gasteiger partial charge in [0.05, 0.1) is 6.61 Å². The third-order valence-corrected chi connectivity index (χ3v) is 4.35. The lowest BCUT2D eigenvalue weighted by Crippen LogP contribution is -2.08. The number of hydrogen-bond donors (Lipinski definition) is 1. The molecule has 0 aliphatic heterocycles. The minimum absolute atomic E-state index is 0.322. The number of carbonyl (C=O) groups is 1. The normalized spacial score (nSPS) is 10.9. The smallest absolute Gasteiger partial charge is 0.374 e. The predicted molar refractivity (Wildman–Crippen MR) is 99.3 cm³/mol. The topological polar surface area (TPSA) is 55.0 Å². The van der Waals surface area contributed by atoms with E-state index in [4.69, 9.17) is 4.74 Å². The van der Waals surface area contributed by atoms with Gasteiger partial charge in [-0.2, -0.15) is 0 Å². The van der Waals surface area contributed by atoms with Gasteiger partial charge < -0.3 is 9.72 Å². The Morgan fingerprint density at radius 1 is 0.917 bits per heavy atom. The standard InChI is InChI=1S/C20H36N2O2/c1-3-5-7-9-10-11-12-14-16-24-20(23)19-21-17-18(22-19)15-13-8-6-4-2/h17H,3-16H2,1-2H3,(H,21,22). The number of hydrogen-bond acceptors (Lipinski definition) is 3. The van der Waals surface area contributed by atoms with Gasteiger partial charge in [0.1, 0.15) is 0 Å². The first-order valence-electron chi connectivity index (χ1n) is 9.99. The van der Waals surface area contributed by atoms with Crippen molar-refractivity contribution in [1.29, 1.82) is 0 Å². The van der Waals surface area contributed by atoms with E-state index in [9.17, 15) is 4.79 Å². The molecule has 0 radical (unpaired) electrons. The Morgan fingerprint density at radius 3 is 2.17 bits per heavy atom. The van der Waals surface area contributed by atoms with Crippen LogP contribution in [0.25, 0.3) is 0 Å². The molecule has 0 aliphatic rings. The molecule has 24 heavy (non-hydrogen) atoms. The van der Waals surface area contributed by atoms with Crippen LogP contribution in [0.1, 0.15) is 107 Å². The second-order valence-electron chi connectivity index (χ2n) is 6.68. The second kappa shape index (κ2) is 14.1. The quantitative estimate of drug-likeness (QED) is 0.324. The maximum absolute atomic E-state index is 11.9. The Balaban J connectivity index is 2.05. The molecule has 1 aromatic heterocycles. The first kappa shape index (κ1) is 20.7. The molecule has 0 aliphatic carbocycles. The maximum atomic E-state index is 11.9. The van der Waals surface area contributed by atoms with Gasteiger partial charge in [-0.15, -0.1) is 0 Å². The summed E-state index contributed by atoms with van der Waals surface area (Å²) in [6, 6.07) is 0. The van der Waals surface area contributed by atoms with Gasteiger partial charge in [0.15, 0.2) is 0 Å². The van der Waals surface area contributed by atoms with Crippen LogP contribution in [-0.4, -0.2) is 22.5 Å². The first-order chi connectivity index (χ1) is 11.8. The van der Waals surface area contributed by atoms with Crippen molar-refractivity contribution in [2.45, 2.75) is 97.3 Å². The van der Waals surface area contributed by atoms with Crippen LogP contribution in [0, 0.1) is 0 Å². The van der Waals surface area contributed by atoms with Crippen molar-refractivity contribution in [3.63, 3.8) is 0 Å². The SMILES string of the molecule is CCCCCCCCCCOC(=O)c1ncc(CCCCCC)[nH]1. The Bertz CT molecular complexity index is 429. The lowest BCUT2D eigenvalue weighted by Gasteiger charge is -2.03. The number of nitrogens with zero attached hydrogens (tertiary/aromatic N) is 1. The van der Waals surface area contributed by atoms with Crippen molar-refractivity contribution in [2.24, 2.45) is 0 Å². The molecule has 1 heterocycles. The van der Waals surface area contributed by atoms with Gasteiger partial charge >= 0.3 is 5.97 Å². The van der Waals surface area contributed by atoms with Gasteiger partial charge in [-0.3, -0.25) is 0 Å². The van der Waals surface area contributed by atoms with E-state index in [1.54, 1.807) is 6.20 Å². The zero-order valence-electron chi connectivity index (χ0n) is 15.7. The summed E-state index contributed by atoms with van der Waals surface area (Å²) in [5.74, 6) is 0.0258. The first-order valence-corrected chi connectivity index (χ1v) is 9.99. The largest absolute Gasteiger partial charge is 0.460 e. The molecule has 4 heteroatoms. The molecule has 0 aromatic carbocycles. The van der Waals surface area contributed by atoms with E-state index in [0.717, 1.165) is 31.4 Å². The lowest BCUT2D eigenvalue weighted by atomic mass is 10.1. The molecule has 1 N–H and O–H groups in total. The van der Waals surface area contributed by atoms with Crippen LogP contribution in [0.15, 0.2) is 6.20 Å². The molecule has 1 aromatic rings. The molecular weight excluding hydrogens is 300 g/mol. The molecule has 0 saturated heterocycles. The van der Waals surface area contributed by atoms with Crippen LogP contribution in [0.2, 0.25) is 0 Å². The summed E-state index contributed by atoms with van der Waals surface area (Å²) in [7, 11) is 0. The Labute approximate surface area is 147 Å². The highest BCUT2D eigenvalue weighted by atomic mass is 16.5. The van der Waals surface area contributed by atoms with Crippen LogP contribution >= 0.6 is 0 Å². The van der Waals surface area contributed by atoms with Crippen molar-refractivity contribution in [2.75, 3.05) is 6.61 Å². The van der Waals surface area contributed by atoms with E-state index < -0.39 is 0 Å². The van der Waals surface area contributed by atoms with E-state index in [1.165, 1.54) is 57.8 Å². The van der Waals surface area contributed by atoms with Crippen molar-refractivity contribution in [3.05, 3.63) is 17.7 Å². The molecule has 0 amide bonds. The lowest BCUT2D eigenvalue weighted by molar-refractivity contribution is 0.0484. The molecule has 0 unspecified atom stereocenters. The van der Waals surface area contributed by atoms with Gasteiger partial charge in [0, 0.05) is 11.9 Å². The van der Waals surface area contributed by atoms with Crippen molar-refractivity contribution in [3.8, 4) is 0 Å². The van der Waals surface area contributed by atoms with Gasteiger partial charge in [0.25, 0.3) is 0 Å². The van der Waals surface area contributed by atoms with E-state index in [-0.39, 0.29) is 5.97 Å². The molecule has 4 nitrogen and oxygen atoms in total. The van der Waals surface area contributed by atoms with Crippen LogP contribution in [0.4, 0.5) is 0 Å². The van der Waals surface area contributed by atoms with Crippen molar-refractivity contribution >= 4 is 5.97 Å². The zero-order chi connectivity index (χ0) is 17.5. The average Bonchev–Trinajstić information content (AvgIpc) is 3.06. The monoisotopic (exact) mass is 336 g/mol. The number of aromatic amines is 1. The van der Waals surface area contributed by atoms with Crippen LogP contribution in [0.5, 0.6) is 0 Å². The van der Waals surface area contributed by atoms with Crippen molar-refractivity contribution in [1.82, 2.24) is 9.97 Å². The summed E-state index contributed by atoms with van der Waals surface area (Å²) in [6.07, 6.45) is 17.5. The number of unbranched alkanes of at least 4 members (excludes halogenated alkanes) is 10. The second-order valence-corrected chi connectivity index (χ2v) is 6.68. The van der Waals surface area contributed by atoms with E-state index in [0.29, 0.717) is 12.4 Å². The summed E-state index contributed by atoms with van der Waals surface area (Å²) in [5.41, 5.74) is 1.03. The minimum Gasteiger partial charge on any atom is -0.460 e. The van der Waals surface area contributed by atoms with Crippen LogP contribution < -0.4 is 0 Å². The Hall–Kier alpha value is -1.32. The van der Waals surface area contributed by atoms with E-state index >= 15 is 0 Å². The third kappa shape index (κ3) is 9.74. The van der Waals surface area contributed by atoms with E-state index in [1.807, 2.05) is 0 Å². The number of carbonyl (C=O) groups excluding carboxylic acids is 1. The van der Waals surface area contributed by atoms with Gasteiger partial charge in [-0.25, -0.2) is 9.78 Å². The number of H-pyrrole nitrogens is 1. The number of esters is 1. The van der Waals surface area contributed by atoms with Crippen molar-refractivity contribution < 1.29 is 9.53 Å². The van der Waals surface area contributed by atoms with Gasteiger partial charge in [-0.1, -0.05) is 78.1 Å². The number of ether oxygens (including phenoxy) is 1. The van der Waals surface area contributed by atoms with Crippen LogP contribution in [0.3, 0.4) is 0 Å². The molecular formula is C20H36N2O2. The highest BCUT2D eigenvalue weighted by molar-refractivity contribution is 5.85. The zero-order valence-corrected chi connectivity index (χ0v) is 15.7. The Morgan fingerprint density at radius 2 is 1.50 bits per heavy atom. The highest BCUT2D eigenvalue weighted by Crippen LogP contribution is 2.09. The minimum atomic E-state index is -0.322. The summed E-state index contributed by atoms with van der Waals surface area (Å²) in [5, 5.41) is 0. The van der Waals surface area contributed by atoms with Gasteiger partial charge in [-0.05, 0) is 19.3 Å². The number of imidazole rings is 1. The van der Waals surface area contributed by atoms with Gasteiger partial charge in [0.2, 0.25) is 5.82 Å². The molecule has 0 spiro atoms. The Kier molecular flexibility index (Phi) is 12.1. The number of nitrogens with one attached hydrogen (secondary N) is 1. The van der Waals surface area contributed by atoms with Crippen LogP contribution in [-0.2, 0) is 11.2 Å². The number of aryl methyl sites for hydroxylation is 1. The maximum Gasteiger partial charge on any atom is 0.374 e. The molecule has 0 saturated carbocycles. The highest BCUT2D eigenvalue weighted by Gasteiger charge is 2.11. The summed E-state index contributed by atoms with van der Waals surface area (Å²) in [4.78, 5) is 19.2. The summed E-state index contributed by atoms with van der Waals surface area (Å²) < 4.78 is 5.30. The number of rotatable bonds is 15. The molecule has 0 atom stereocenters. The summed E-state index contributed by atoms with van der Waals surface area (Å²) >= 11 is 0. The fourth-order valence-corrected chi connectivity index (χ4v) is 2.80. The fraction of sp³-hybridized carbons (Fsp3) is 0.800. The average molecular weight is 337 g/mol. The fourth-order valence-electron chi connectivity index (χ4n) is 2.80. The predicted octanol–water partition coefficient (Wildman–Crippen LogP) is 5.83. The molecule has 0 bridgehead atoms. The summed E-state index contributed by atoms with van der Waals surface area (Å²) in [6.45, 7) is 4.94. The number of aromatic nitrogens is 2. The van der Waals surface area contributed by atoms with E-state index in [2.05, 4.69) is 23.8 Å². The molecule has 0 fully saturated rings.